The van der Waals surface area contributed by atoms with E-state index in [0.29, 0.717) is 10.4 Å². The second kappa shape index (κ2) is 3.97. The lowest BCUT2D eigenvalue weighted by molar-refractivity contribution is -0.383. The van der Waals surface area contributed by atoms with E-state index in [2.05, 4.69) is 6.58 Å². The molecule has 14 heavy (non-hydrogen) atoms. The van der Waals surface area contributed by atoms with Crippen LogP contribution in [0, 0.1) is 10.1 Å². The summed E-state index contributed by atoms with van der Waals surface area (Å²) >= 11 is 4.93. The molecule has 0 atom stereocenters. The molecule has 0 amide bonds. The minimum Gasteiger partial charge on any atom is -0.393 e. The van der Waals surface area contributed by atoms with Crippen molar-refractivity contribution in [2.45, 2.75) is 0 Å². The van der Waals surface area contributed by atoms with Gasteiger partial charge >= 0.3 is 0 Å². The van der Waals surface area contributed by atoms with Crippen LogP contribution >= 0.6 is 12.2 Å². The zero-order valence-electron chi connectivity index (χ0n) is 7.27. The van der Waals surface area contributed by atoms with Crippen LogP contribution in [0.15, 0.2) is 30.9 Å². The van der Waals surface area contributed by atoms with Crippen LogP contribution in [0.4, 0.5) is 11.4 Å². The second-order valence-corrected chi connectivity index (χ2v) is 3.04. The van der Waals surface area contributed by atoms with Gasteiger partial charge in [-0.05, 0) is 11.6 Å². The van der Waals surface area contributed by atoms with Crippen LogP contribution in [0.2, 0.25) is 0 Å². The van der Waals surface area contributed by atoms with Gasteiger partial charge in [0.25, 0.3) is 5.69 Å². The standard InChI is InChI=1S/C9H8N2O2S/c1-2-9(14)6-3-4-7(10)8(5-6)11(12)13/h2-5H,1,10H2. The van der Waals surface area contributed by atoms with Gasteiger partial charge in [0.15, 0.2) is 0 Å². The Balaban J connectivity index is 3.25. The summed E-state index contributed by atoms with van der Waals surface area (Å²) in [6.07, 6.45) is 1.46. The van der Waals surface area contributed by atoms with Crippen molar-refractivity contribution >= 4 is 28.5 Å². The Labute approximate surface area is 86.2 Å². The van der Waals surface area contributed by atoms with Gasteiger partial charge in [0, 0.05) is 10.9 Å². The zero-order valence-corrected chi connectivity index (χ0v) is 8.08. The lowest BCUT2D eigenvalue weighted by atomic mass is 10.1. The van der Waals surface area contributed by atoms with Crippen molar-refractivity contribution in [2.24, 2.45) is 0 Å². The largest absolute Gasteiger partial charge is 0.393 e. The average molecular weight is 208 g/mol. The Kier molecular flexibility index (Phi) is 2.93. The molecular weight excluding hydrogens is 200 g/mol. The maximum absolute atomic E-state index is 10.5. The van der Waals surface area contributed by atoms with Crippen molar-refractivity contribution in [3.63, 3.8) is 0 Å². The quantitative estimate of drug-likeness (QED) is 0.206. The highest BCUT2D eigenvalue weighted by atomic mass is 32.1. The van der Waals surface area contributed by atoms with Crippen LogP contribution in [0.25, 0.3) is 0 Å². The second-order valence-electron chi connectivity index (χ2n) is 2.60. The lowest BCUT2D eigenvalue weighted by Gasteiger charge is -2.00. The highest BCUT2D eigenvalue weighted by molar-refractivity contribution is 7.81. The Hall–Kier alpha value is -1.75. The van der Waals surface area contributed by atoms with Crippen LogP contribution in [0.5, 0.6) is 0 Å². The molecule has 0 spiro atoms. The van der Waals surface area contributed by atoms with Crippen LogP contribution < -0.4 is 5.73 Å². The molecule has 0 aliphatic carbocycles. The Bertz CT molecular complexity index is 415. The SMILES string of the molecule is C=CC(=S)c1ccc(N)c([N+](=O)[O-])c1. The predicted octanol–water partition coefficient (Wildman–Crippen LogP) is 2.08. The molecule has 5 heteroatoms. The molecule has 0 radical (unpaired) electrons. The van der Waals surface area contributed by atoms with E-state index in [1.54, 1.807) is 6.07 Å². The molecule has 0 heterocycles. The Morgan fingerprint density at radius 2 is 2.29 bits per heavy atom. The van der Waals surface area contributed by atoms with Gasteiger partial charge in [0.1, 0.15) is 5.69 Å². The maximum Gasteiger partial charge on any atom is 0.292 e. The van der Waals surface area contributed by atoms with Gasteiger partial charge in [0.2, 0.25) is 0 Å². The fraction of sp³-hybridized carbons (Fsp3) is 0. The Morgan fingerprint density at radius 3 is 2.79 bits per heavy atom. The number of nitrogen functional groups attached to an aromatic ring is 1. The van der Waals surface area contributed by atoms with Gasteiger partial charge in [-0.2, -0.15) is 0 Å². The molecule has 0 bridgehead atoms. The van der Waals surface area contributed by atoms with Gasteiger partial charge in [-0.3, -0.25) is 10.1 Å². The summed E-state index contributed by atoms with van der Waals surface area (Å²) in [5.74, 6) is 0. The molecule has 0 aliphatic heterocycles. The molecule has 0 saturated carbocycles. The number of allylic oxidation sites excluding steroid dienone is 1. The number of thiocarbonyl (C=S) groups is 1. The third kappa shape index (κ3) is 1.94. The predicted molar refractivity (Wildman–Crippen MR) is 59.4 cm³/mol. The number of nitrogens with zero attached hydrogens (tertiary/aromatic N) is 1. The Morgan fingerprint density at radius 1 is 1.64 bits per heavy atom. The van der Waals surface area contributed by atoms with Crippen molar-refractivity contribution in [3.8, 4) is 0 Å². The van der Waals surface area contributed by atoms with E-state index < -0.39 is 4.92 Å². The first-order valence-electron chi connectivity index (χ1n) is 3.77. The summed E-state index contributed by atoms with van der Waals surface area (Å²) in [5, 5.41) is 10.5. The van der Waals surface area contributed by atoms with Crippen LogP contribution in [0.3, 0.4) is 0 Å². The minimum atomic E-state index is -0.537. The van der Waals surface area contributed by atoms with E-state index in [-0.39, 0.29) is 11.4 Å². The summed E-state index contributed by atoms with van der Waals surface area (Å²) in [7, 11) is 0. The van der Waals surface area contributed by atoms with E-state index in [0.717, 1.165) is 0 Å². The molecular formula is C9H8N2O2S. The number of nitro groups is 1. The van der Waals surface area contributed by atoms with Gasteiger partial charge in [-0.1, -0.05) is 30.9 Å². The fourth-order valence-electron chi connectivity index (χ4n) is 0.973. The maximum atomic E-state index is 10.5. The number of anilines is 1. The molecule has 0 aromatic heterocycles. The molecule has 0 unspecified atom stereocenters. The number of hydrogen-bond acceptors (Lipinski definition) is 4. The third-order valence-electron chi connectivity index (χ3n) is 1.70. The van der Waals surface area contributed by atoms with Gasteiger partial charge < -0.3 is 5.73 Å². The number of hydrogen-bond donors (Lipinski definition) is 1. The smallest absolute Gasteiger partial charge is 0.292 e. The third-order valence-corrected chi connectivity index (χ3v) is 2.10. The highest BCUT2D eigenvalue weighted by Crippen LogP contribution is 2.22. The zero-order chi connectivity index (χ0) is 10.7. The van der Waals surface area contributed by atoms with Crippen molar-refractivity contribution in [3.05, 3.63) is 46.5 Å². The number of rotatable bonds is 3. The summed E-state index contributed by atoms with van der Waals surface area (Å²) in [6, 6.07) is 4.44. The molecule has 2 N–H and O–H groups in total. The van der Waals surface area contributed by atoms with E-state index >= 15 is 0 Å². The molecule has 1 aromatic rings. The van der Waals surface area contributed by atoms with E-state index in [1.807, 2.05) is 0 Å². The number of nitrogens with two attached hydrogens (primary N) is 1. The van der Waals surface area contributed by atoms with Crippen molar-refractivity contribution < 1.29 is 4.92 Å². The molecule has 0 fully saturated rings. The summed E-state index contributed by atoms with van der Waals surface area (Å²) in [6.45, 7) is 3.49. The first-order valence-corrected chi connectivity index (χ1v) is 4.17. The highest BCUT2D eigenvalue weighted by Gasteiger charge is 2.12. The van der Waals surface area contributed by atoms with Gasteiger partial charge in [-0.25, -0.2) is 0 Å². The van der Waals surface area contributed by atoms with Crippen LogP contribution in [-0.4, -0.2) is 9.79 Å². The van der Waals surface area contributed by atoms with E-state index in [1.165, 1.54) is 18.2 Å². The monoisotopic (exact) mass is 208 g/mol. The van der Waals surface area contributed by atoms with Crippen molar-refractivity contribution in [2.75, 3.05) is 5.73 Å². The molecule has 0 saturated heterocycles. The first kappa shape index (κ1) is 10.3. The van der Waals surface area contributed by atoms with Crippen LogP contribution in [-0.2, 0) is 0 Å². The van der Waals surface area contributed by atoms with Crippen LogP contribution in [0.1, 0.15) is 5.56 Å². The minimum absolute atomic E-state index is 0.130. The lowest BCUT2D eigenvalue weighted by Crippen LogP contribution is -1.99. The molecule has 4 nitrogen and oxygen atoms in total. The normalized spacial score (nSPS) is 9.43. The topological polar surface area (TPSA) is 69.2 Å². The molecule has 1 rings (SSSR count). The van der Waals surface area contributed by atoms with Gasteiger partial charge in [0.05, 0.1) is 4.92 Å². The summed E-state index contributed by atoms with van der Waals surface area (Å²) in [4.78, 5) is 10.5. The molecule has 0 aliphatic rings. The fourth-order valence-corrected chi connectivity index (χ4v) is 1.10. The summed E-state index contributed by atoms with van der Waals surface area (Å²) < 4.78 is 0. The van der Waals surface area contributed by atoms with Crippen molar-refractivity contribution in [1.82, 2.24) is 0 Å². The number of benzene rings is 1. The summed E-state index contributed by atoms with van der Waals surface area (Å²) in [5.41, 5.74) is 6.00. The van der Waals surface area contributed by atoms with E-state index in [4.69, 9.17) is 18.0 Å². The average Bonchev–Trinajstić information content (AvgIpc) is 2.17. The van der Waals surface area contributed by atoms with Gasteiger partial charge in [-0.15, -0.1) is 0 Å². The molecule has 72 valence electrons. The van der Waals surface area contributed by atoms with Crippen molar-refractivity contribution in [1.29, 1.82) is 0 Å². The van der Waals surface area contributed by atoms with E-state index in [9.17, 15) is 10.1 Å². The number of nitro benzene ring substituents is 1. The molecule has 1 aromatic carbocycles. The first-order chi connectivity index (χ1) is 6.56.